The van der Waals surface area contributed by atoms with Crippen LogP contribution < -0.4 is 5.32 Å². The van der Waals surface area contributed by atoms with Crippen LogP contribution in [0.3, 0.4) is 0 Å². The minimum atomic E-state index is -1.25. The highest BCUT2D eigenvalue weighted by atomic mass is 28.3. The number of aliphatic hydroxyl groups excluding tert-OH is 1. The summed E-state index contributed by atoms with van der Waals surface area (Å²) in [5.41, 5.74) is 0. The van der Waals surface area contributed by atoms with E-state index in [-0.39, 0.29) is 12.0 Å². The highest BCUT2D eigenvalue weighted by molar-refractivity contribution is 6.76. The van der Waals surface area contributed by atoms with Gasteiger partial charge in [0.15, 0.2) is 0 Å². The number of ether oxygens (including phenoxy) is 2. The van der Waals surface area contributed by atoms with Crippen LogP contribution in [0.2, 0.25) is 25.7 Å². The van der Waals surface area contributed by atoms with Crippen molar-refractivity contribution in [2.45, 2.75) is 57.1 Å². The van der Waals surface area contributed by atoms with E-state index in [2.05, 4.69) is 25.0 Å². The molecule has 0 radical (unpaired) electrons. The van der Waals surface area contributed by atoms with Crippen LogP contribution in [0.5, 0.6) is 0 Å². The molecule has 0 saturated carbocycles. The van der Waals surface area contributed by atoms with Crippen molar-refractivity contribution >= 4 is 20.1 Å². The lowest BCUT2D eigenvalue weighted by molar-refractivity contribution is -0.146. The third-order valence-electron chi connectivity index (χ3n) is 3.90. The number of rotatable bonds is 5. The van der Waals surface area contributed by atoms with Gasteiger partial charge in [0.2, 0.25) is 0 Å². The summed E-state index contributed by atoms with van der Waals surface area (Å²) in [6.07, 6.45) is 3.78. The van der Waals surface area contributed by atoms with Gasteiger partial charge in [-0.05, 0) is 25.3 Å². The van der Waals surface area contributed by atoms with Gasteiger partial charge < -0.3 is 19.9 Å². The van der Waals surface area contributed by atoms with Crippen molar-refractivity contribution < 1.29 is 24.2 Å². The normalized spacial score (nSPS) is 26.6. The number of esters is 1. The number of carbonyl (C=O) groups is 2. The molecular weight excluding hydrogens is 314 g/mol. The van der Waals surface area contributed by atoms with Gasteiger partial charge in [-0.1, -0.05) is 31.8 Å². The van der Waals surface area contributed by atoms with E-state index in [1.807, 2.05) is 0 Å². The van der Waals surface area contributed by atoms with E-state index in [0.29, 0.717) is 25.9 Å². The van der Waals surface area contributed by atoms with Gasteiger partial charge in [-0.15, -0.1) is 0 Å². The molecule has 1 amide bonds. The number of alkyl carbamates (subject to hydrolysis) is 1. The van der Waals surface area contributed by atoms with E-state index < -0.39 is 26.2 Å². The van der Waals surface area contributed by atoms with Gasteiger partial charge in [-0.3, -0.25) is 4.79 Å². The third-order valence-corrected chi connectivity index (χ3v) is 5.60. The van der Waals surface area contributed by atoms with E-state index in [4.69, 9.17) is 9.47 Å². The summed E-state index contributed by atoms with van der Waals surface area (Å²) in [7, 11) is 0.0761. The maximum Gasteiger partial charge on any atom is 0.407 e. The Kier molecular flexibility index (Phi) is 7.77. The summed E-state index contributed by atoms with van der Waals surface area (Å²) in [4.78, 5) is 23.9. The molecule has 0 aromatic rings. The van der Waals surface area contributed by atoms with Gasteiger partial charge in [-0.25, -0.2) is 4.79 Å². The topological polar surface area (TPSA) is 84.9 Å². The third kappa shape index (κ3) is 7.65. The molecule has 0 aromatic heterocycles. The molecular formula is C16H29NO5Si. The summed E-state index contributed by atoms with van der Waals surface area (Å²) >= 11 is 0. The molecule has 0 heterocycles. The second kappa shape index (κ2) is 9.07. The number of nitrogens with one attached hydrogen (secondary N) is 1. The van der Waals surface area contributed by atoms with Crippen molar-refractivity contribution in [3.05, 3.63) is 12.2 Å². The Balaban J connectivity index is 2.62. The maximum absolute atomic E-state index is 12.0. The standard InChI is InChI=1S/C16H29NO5Si/c1-21-15(19)13-9-8-12(18)6-5-7-14(13)17-16(20)22-10-11-23(2,3)4/h5-6,12-14,18H,7-11H2,1-4H3,(H,17,20)/b6-5-/t12-,13-,14-/m0/s1. The monoisotopic (exact) mass is 343 g/mol. The second-order valence-electron chi connectivity index (χ2n) is 7.14. The van der Waals surface area contributed by atoms with Gasteiger partial charge in [0, 0.05) is 14.1 Å². The molecule has 0 aliphatic heterocycles. The van der Waals surface area contributed by atoms with Crippen molar-refractivity contribution in [2.75, 3.05) is 13.7 Å². The van der Waals surface area contributed by atoms with Crippen LogP contribution in [-0.4, -0.2) is 51.1 Å². The van der Waals surface area contributed by atoms with Crippen molar-refractivity contribution in [2.24, 2.45) is 5.92 Å². The summed E-state index contributed by atoms with van der Waals surface area (Å²) < 4.78 is 10.1. The fourth-order valence-corrected chi connectivity index (χ4v) is 3.14. The highest BCUT2D eigenvalue weighted by Gasteiger charge is 2.31. The molecule has 132 valence electrons. The van der Waals surface area contributed by atoms with E-state index in [1.165, 1.54) is 7.11 Å². The van der Waals surface area contributed by atoms with Crippen LogP contribution in [0.4, 0.5) is 4.79 Å². The Morgan fingerprint density at radius 1 is 1.30 bits per heavy atom. The first-order valence-electron chi connectivity index (χ1n) is 8.09. The molecule has 3 atom stereocenters. The molecule has 0 saturated heterocycles. The number of aliphatic hydroxyl groups is 1. The molecule has 0 unspecified atom stereocenters. The maximum atomic E-state index is 12.0. The summed E-state index contributed by atoms with van der Waals surface area (Å²) in [5.74, 6) is -0.857. The van der Waals surface area contributed by atoms with Crippen LogP contribution in [0.25, 0.3) is 0 Å². The average Bonchev–Trinajstić information content (AvgIpc) is 2.43. The average molecular weight is 343 g/mol. The first kappa shape index (κ1) is 19.7. The fourth-order valence-electron chi connectivity index (χ4n) is 2.43. The minimum Gasteiger partial charge on any atom is -0.469 e. The van der Waals surface area contributed by atoms with E-state index in [0.717, 1.165) is 6.04 Å². The van der Waals surface area contributed by atoms with E-state index in [1.54, 1.807) is 12.2 Å². The molecule has 7 heteroatoms. The predicted octanol–water partition coefficient (Wildman–Crippen LogP) is 2.31. The Morgan fingerprint density at radius 3 is 2.61 bits per heavy atom. The predicted molar refractivity (Wildman–Crippen MR) is 90.9 cm³/mol. The number of carbonyl (C=O) groups excluding carboxylic acids is 2. The Hall–Kier alpha value is -1.34. The Labute approximate surface area is 139 Å². The molecule has 2 N–H and O–H groups in total. The summed E-state index contributed by atoms with van der Waals surface area (Å²) in [6, 6.07) is 0.517. The van der Waals surface area contributed by atoms with Gasteiger partial charge in [0.05, 0.1) is 25.7 Å². The molecule has 0 aromatic carbocycles. The lowest BCUT2D eigenvalue weighted by Crippen LogP contribution is -2.44. The molecule has 23 heavy (non-hydrogen) atoms. The lowest BCUT2D eigenvalue weighted by Gasteiger charge is -2.27. The molecule has 1 rings (SSSR count). The number of hydrogen-bond acceptors (Lipinski definition) is 5. The fraction of sp³-hybridized carbons (Fsp3) is 0.750. The van der Waals surface area contributed by atoms with Crippen LogP contribution >= 0.6 is 0 Å². The highest BCUT2D eigenvalue weighted by Crippen LogP contribution is 2.21. The van der Waals surface area contributed by atoms with Crippen LogP contribution in [-0.2, 0) is 14.3 Å². The van der Waals surface area contributed by atoms with Gasteiger partial charge >= 0.3 is 12.1 Å². The van der Waals surface area contributed by atoms with Crippen LogP contribution in [0.1, 0.15) is 19.3 Å². The number of methoxy groups -OCH3 is 1. The minimum absolute atomic E-state index is 0.375. The Bertz CT molecular complexity index is 433. The zero-order valence-electron chi connectivity index (χ0n) is 14.5. The molecule has 1 aliphatic rings. The lowest BCUT2D eigenvalue weighted by atomic mass is 9.88. The molecule has 1 aliphatic carbocycles. The zero-order chi connectivity index (χ0) is 17.5. The summed E-state index contributed by atoms with van der Waals surface area (Å²) in [5, 5.41) is 12.5. The van der Waals surface area contributed by atoms with E-state index in [9.17, 15) is 14.7 Å². The Morgan fingerprint density at radius 2 is 2.00 bits per heavy atom. The zero-order valence-corrected chi connectivity index (χ0v) is 15.5. The first-order valence-corrected chi connectivity index (χ1v) is 11.8. The molecule has 0 bridgehead atoms. The molecule has 0 spiro atoms. The van der Waals surface area contributed by atoms with Gasteiger partial charge in [0.1, 0.15) is 0 Å². The number of hydrogen-bond donors (Lipinski definition) is 2. The quantitative estimate of drug-likeness (QED) is 0.454. The SMILES string of the molecule is COC(=O)[C@H]1CC[C@@H](O)/C=C\C[C@@H]1NC(=O)OCC[Si](C)(C)C. The van der Waals surface area contributed by atoms with Crippen LogP contribution in [0.15, 0.2) is 12.2 Å². The van der Waals surface area contributed by atoms with E-state index >= 15 is 0 Å². The molecule has 6 nitrogen and oxygen atoms in total. The number of amides is 1. The second-order valence-corrected chi connectivity index (χ2v) is 12.8. The van der Waals surface area contributed by atoms with Crippen LogP contribution in [0, 0.1) is 5.92 Å². The van der Waals surface area contributed by atoms with Crippen molar-refractivity contribution in [1.29, 1.82) is 0 Å². The van der Waals surface area contributed by atoms with Gasteiger partial charge in [0.25, 0.3) is 0 Å². The largest absolute Gasteiger partial charge is 0.469 e. The molecule has 0 fully saturated rings. The summed E-state index contributed by atoms with van der Waals surface area (Å²) in [6.45, 7) is 7.04. The van der Waals surface area contributed by atoms with Crippen molar-refractivity contribution in [1.82, 2.24) is 5.32 Å². The van der Waals surface area contributed by atoms with Crippen molar-refractivity contribution in [3.63, 3.8) is 0 Å². The van der Waals surface area contributed by atoms with Crippen molar-refractivity contribution in [3.8, 4) is 0 Å². The van der Waals surface area contributed by atoms with Gasteiger partial charge in [-0.2, -0.15) is 0 Å². The smallest absolute Gasteiger partial charge is 0.407 e. The first-order chi connectivity index (χ1) is 10.7.